The first-order valence-electron chi connectivity index (χ1n) is 21.5. The third-order valence-electron chi connectivity index (χ3n) is 10.7. The molecule has 0 aliphatic heterocycles. The van der Waals surface area contributed by atoms with Crippen LogP contribution >= 0.6 is 0 Å². The third-order valence-corrected chi connectivity index (χ3v) is 18.6. The van der Waals surface area contributed by atoms with Crippen molar-refractivity contribution in [2.45, 2.75) is 95.3 Å². The number of benzene rings is 6. The lowest BCUT2D eigenvalue weighted by molar-refractivity contribution is -0.0763. The Hall–Kier alpha value is -5.22. The van der Waals surface area contributed by atoms with Crippen LogP contribution in [0.3, 0.4) is 0 Å². The molecule has 0 spiro atoms. The van der Waals surface area contributed by atoms with Crippen LogP contribution in [0, 0.1) is 41.5 Å². The molecule has 0 N–H and O–H groups in total. The van der Waals surface area contributed by atoms with Gasteiger partial charge in [0.1, 0.15) is 24.4 Å². The van der Waals surface area contributed by atoms with Crippen molar-refractivity contribution in [2.24, 2.45) is 0 Å². The summed E-state index contributed by atoms with van der Waals surface area (Å²) >= 11 is 0. The van der Waals surface area contributed by atoms with E-state index in [2.05, 4.69) is 0 Å². The summed E-state index contributed by atoms with van der Waals surface area (Å²) in [6.45, 7) is 6.73. The van der Waals surface area contributed by atoms with Gasteiger partial charge in [0.25, 0.3) is 60.7 Å². The van der Waals surface area contributed by atoms with Crippen LogP contribution in [-0.2, 0) is 85.8 Å². The van der Waals surface area contributed by atoms with Crippen molar-refractivity contribution >= 4 is 60.7 Å². The summed E-state index contributed by atoms with van der Waals surface area (Å²) in [5, 5.41) is 0. The molecule has 0 bridgehead atoms. The molecule has 6 aromatic carbocycles. The van der Waals surface area contributed by atoms with Gasteiger partial charge in [-0.05, 0) is 114 Å². The predicted molar refractivity (Wildman–Crippen MR) is 262 cm³/mol. The average molecular weight is 1110 g/mol. The van der Waals surface area contributed by atoms with Crippen LogP contribution in [-0.4, -0.2) is 88.1 Å². The Bertz CT molecular complexity index is 3290. The Morgan fingerprint density at radius 3 is 0.625 bits per heavy atom. The zero-order chi connectivity index (χ0) is 52.9. The van der Waals surface area contributed by atoms with Gasteiger partial charge in [0, 0.05) is 0 Å². The monoisotopic (exact) mass is 1110 g/mol. The molecule has 0 amide bonds. The summed E-state index contributed by atoms with van der Waals surface area (Å²) in [5.74, 6) is 0. The highest BCUT2D eigenvalue weighted by Gasteiger charge is 2.49. The topological polar surface area (TPSA) is 260 Å². The van der Waals surface area contributed by atoms with Crippen molar-refractivity contribution in [1.82, 2.24) is 0 Å². The van der Waals surface area contributed by atoms with Crippen molar-refractivity contribution < 1.29 is 75.6 Å². The molecule has 4 unspecified atom stereocenters. The second-order valence-electron chi connectivity index (χ2n) is 16.6. The summed E-state index contributed by atoms with van der Waals surface area (Å²) in [5.41, 5.74) is 3.52. The van der Waals surface area contributed by atoms with E-state index in [4.69, 9.17) is 25.1 Å². The molecular formula is C48H50O18S6. The molecule has 0 aromatic heterocycles. The van der Waals surface area contributed by atoms with Crippen LogP contribution < -0.4 is 0 Å². The van der Waals surface area contributed by atoms with Gasteiger partial charge in [-0.1, -0.05) is 106 Å². The molecule has 72 heavy (non-hydrogen) atoms. The molecule has 6 aromatic rings. The van der Waals surface area contributed by atoms with E-state index in [9.17, 15) is 50.5 Å². The third kappa shape index (κ3) is 14.5. The highest BCUT2D eigenvalue weighted by atomic mass is 32.2. The van der Waals surface area contributed by atoms with Gasteiger partial charge in [0.15, 0.2) is 0 Å². The van der Waals surface area contributed by atoms with Crippen molar-refractivity contribution in [3.05, 3.63) is 179 Å². The predicted octanol–water partition coefficient (Wildman–Crippen LogP) is 6.74. The minimum Gasteiger partial charge on any atom is -0.263 e. The van der Waals surface area contributed by atoms with E-state index in [0.717, 1.165) is 72.8 Å². The molecule has 0 radical (unpaired) electrons. The first kappa shape index (κ1) is 56.1. The molecule has 0 fully saturated rings. The first-order chi connectivity index (χ1) is 33.6. The number of hydrogen-bond donors (Lipinski definition) is 0. The van der Waals surface area contributed by atoms with Gasteiger partial charge in [-0.2, -0.15) is 50.5 Å². The van der Waals surface area contributed by atoms with E-state index in [-0.39, 0.29) is 0 Å². The molecule has 0 aliphatic rings. The van der Waals surface area contributed by atoms with E-state index in [1.807, 2.05) is 0 Å². The molecule has 0 aliphatic carbocycles. The van der Waals surface area contributed by atoms with Gasteiger partial charge >= 0.3 is 0 Å². The molecule has 0 saturated heterocycles. The van der Waals surface area contributed by atoms with Gasteiger partial charge in [0.05, 0.1) is 42.6 Å². The smallest absolute Gasteiger partial charge is 0.263 e. The summed E-state index contributed by atoms with van der Waals surface area (Å²) in [6.07, 6.45) is -11.2. The second-order valence-corrected chi connectivity index (χ2v) is 26.1. The number of rotatable bonds is 23. The number of aryl methyl sites for hydroxylation is 6. The Kier molecular flexibility index (Phi) is 17.5. The van der Waals surface area contributed by atoms with Crippen LogP contribution in [0.5, 0.6) is 0 Å². The summed E-state index contributed by atoms with van der Waals surface area (Å²) in [4.78, 5) is -3.43. The highest BCUT2D eigenvalue weighted by Crippen LogP contribution is 2.32. The maximum atomic E-state index is 14.6. The summed E-state index contributed by atoms with van der Waals surface area (Å²) in [7, 11) is -31.2. The zero-order valence-electron chi connectivity index (χ0n) is 39.4. The molecule has 6 rings (SSSR count). The van der Waals surface area contributed by atoms with Gasteiger partial charge in [0.2, 0.25) is 0 Å². The van der Waals surface area contributed by atoms with E-state index in [1.54, 1.807) is 41.5 Å². The largest absolute Gasteiger partial charge is 0.297 e. The molecule has 24 heteroatoms. The van der Waals surface area contributed by atoms with Crippen LogP contribution in [0.1, 0.15) is 33.4 Å². The van der Waals surface area contributed by atoms with Gasteiger partial charge in [-0.3, -0.25) is 25.1 Å². The van der Waals surface area contributed by atoms with Gasteiger partial charge < -0.3 is 0 Å². The van der Waals surface area contributed by atoms with Crippen molar-refractivity contribution in [3.8, 4) is 0 Å². The maximum absolute atomic E-state index is 14.6. The first-order valence-corrected chi connectivity index (χ1v) is 29.9. The molecule has 386 valence electrons. The Labute approximate surface area is 421 Å². The maximum Gasteiger partial charge on any atom is 0.297 e. The van der Waals surface area contributed by atoms with Crippen LogP contribution in [0.15, 0.2) is 175 Å². The van der Waals surface area contributed by atoms with E-state index in [1.165, 1.54) is 72.8 Å². The highest BCUT2D eigenvalue weighted by molar-refractivity contribution is 7.88. The fourth-order valence-electron chi connectivity index (χ4n) is 6.53. The minimum absolute atomic E-state index is 0.479. The normalized spacial score (nSPS) is 14.6. The van der Waals surface area contributed by atoms with Crippen molar-refractivity contribution in [3.63, 3.8) is 0 Å². The lowest BCUT2D eigenvalue weighted by Gasteiger charge is -2.35. The molecule has 0 heterocycles. The fourth-order valence-corrected chi connectivity index (χ4v) is 12.7. The van der Waals surface area contributed by atoms with Crippen LogP contribution in [0.2, 0.25) is 0 Å². The lowest BCUT2D eigenvalue weighted by atomic mass is 10.0. The molecule has 0 saturated carbocycles. The quantitative estimate of drug-likeness (QED) is 0.0601. The van der Waals surface area contributed by atoms with E-state index in [0.29, 0.717) is 33.4 Å². The molecule has 4 atom stereocenters. The minimum atomic E-state index is -5.37. The summed E-state index contributed by atoms with van der Waals surface area (Å²) in [6, 6.07) is 29.7. The van der Waals surface area contributed by atoms with Crippen LogP contribution in [0.25, 0.3) is 0 Å². The molecular weight excluding hydrogens is 1060 g/mol. The van der Waals surface area contributed by atoms with Gasteiger partial charge in [-0.25, -0.2) is 0 Å². The Morgan fingerprint density at radius 1 is 0.264 bits per heavy atom. The van der Waals surface area contributed by atoms with Gasteiger partial charge in [-0.15, -0.1) is 0 Å². The van der Waals surface area contributed by atoms with Crippen LogP contribution in [0.4, 0.5) is 0 Å². The average Bonchev–Trinajstić information content (AvgIpc) is 3.31. The Balaban J connectivity index is 1.65. The lowest BCUT2D eigenvalue weighted by Crippen LogP contribution is -2.54. The summed E-state index contributed by atoms with van der Waals surface area (Å²) < 4.78 is 205. The Morgan fingerprint density at radius 2 is 0.431 bits per heavy atom. The van der Waals surface area contributed by atoms with Crippen molar-refractivity contribution in [1.29, 1.82) is 0 Å². The number of hydrogen-bond acceptors (Lipinski definition) is 18. The van der Waals surface area contributed by atoms with Crippen molar-refractivity contribution in [2.75, 3.05) is 13.2 Å². The van der Waals surface area contributed by atoms with E-state index < -0.39 is 128 Å². The fraction of sp³-hybridized carbons (Fsp3) is 0.250. The van der Waals surface area contributed by atoms with E-state index >= 15 is 0 Å². The second kappa shape index (κ2) is 22.5. The standard InChI is InChI=1S/C48H50O18S6/c1-33-7-19-39(20-8-33)67(49,50)61-31-45(63-69(53,54)41-23-11-35(3)12-24-41)47(65-71(57,58)43-27-15-37(5)16-28-43)48(66-72(59,60)44-29-17-38(6)18-30-44)46(64-70(55,56)42-25-13-36(4)14-26-42)32-62-68(51,52)40-21-9-34(2)10-22-40/h7-30,45-48H,31-32H2,1-6H3. The zero-order valence-corrected chi connectivity index (χ0v) is 44.3. The molecule has 18 nitrogen and oxygen atoms in total. The SMILES string of the molecule is Cc1ccc(S(=O)(=O)OCC(OS(=O)(=O)c2ccc(C)cc2)C(OS(=O)(=O)c2ccc(C)cc2)C(OS(=O)(=O)c2ccc(C)cc2)C(COS(=O)(=O)c2ccc(C)cc2)OS(=O)(=O)c2ccc(C)cc2)cc1.